The first-order valence-electron chi connectivity index (χ1n) is 9.88. The Labute approximate surface area is 204 Å². The third-order valence-electron chi connectivity index (χ3n) is 4.90. The number of sulfonamides is 1. The molecule has 1 aliphatic rings. The quantitative estimate of drug-likeness (QED) is 0.444. The van der Waals surface area contributed by atoms with Gasteiger partial charge in [0.15, 0.2) is 6.61 Å². The molecular formula is C20H21Cl2N3O6S2. The fourth-order valence-electron chi connectivity index (χ4n) is 3.33. The lowest BCUT2D eigenvalue weighted by Crippen LogP contribution is -2.40. The van der Waals surface area contributed by atoms with Crippen molar-refractivity contribution in [1.29, 1.82) is 0 Å². The number of esters is 1. The molecule has 0 unspecified atom stereocenters. The molecule has 0 aliphatic heterocycles. The highest BCUT2D eigenvalue weighted by molar-refractivity contribution is 7.89. The van der Waals surface area contributed by atoms with Gasteiger partial charge in [0.05, 0.1) is 20.5 Å². The van der Waals surface area contributed by atoms with Crippen molar-refractivity contribution in [1.82, 2.24) is 4.72 Å². The average molecular weight is 534 g/mol. The van der Waals surface area contributed by atoms with E-state index in [-0.39, 0.29) is 20.5 Å². The fourth-order valence-corrected chi connectivity index (χ4v) is 6.22. The summed E-state index contributed by atoms with van der Waals surface area (Å²) in [6.45, 7) is 0.603. The number of primary amides is 1. The van der Waals surface area contributed by atoms with E-state index in [2.05, 4.69) is 10.0 Å². The second-order valence-electron chi connectivity index (χ2n) is 7.35. The number of nitrogens with two attached hydrogens (primary N) is 1. The molecule has 1 aromatic heterocycles. The van der Waals surface area contributed by atoms with Crippen LogP contribution in [0, 0.1) is 0 Å². The summed E-state index contributed by atoms with van der Waals surface area (Å²) in [6.07, 6.45) is 3.45. The van der Waals surface area contributed by atoms with Gasteiger partial charge in [0.25, 0.3) is 11.8 Å². The number of fused-ring (bicyclic) bond motifs is 1. The van der Waals surface area contributed by atoms with Crippen molar-refractivity contribution in [2.24, 2.45) is 5.73 Å². The molecule has 3 rings (SSSR count). The summed E-state index contributed by atoms with van der Waals surface area (Å²) < 4.78 is 32.0. The van der Waals surface area contributed by atoms with Crippen LogP contribution in [0.2, 0.25) is 10.0 Å². The molecule has 1 heterocycles. The molecule has 0 saturated carbocycles. The first-order chi connectivity index (χ1) is 15.5. The molecule has 1 atom stereocenters. The maximum Gasteiger partial charge on any atom is 0.324 e. The Bertz CT molecular complexity index is 1210. The van der Waals surface area contributed by atoms with E-state index in [1.165, 1.54) is 30.4 Å². The number of amides is 2. The lowest BCUT2D eigenvalue weighted by Gasteiger charge is -2.14. The standard InChI is InChI=1S/C20H21Cl2N3O6S2/c1-10(25-33(29,30)11-6-7-13(21)14(22)8-11)20(28)31-9-16(26)24-19-17(18(23)27)12-4-2-3-5-15(12)32-19/h6-8,10,25H,2-5,9H2,1H3,(H2,23,27)(H,24,26)/t10-/m0/s1. The molecule has 178 valence electrons. The summed E-state index contributed by atoms with van der Waals surface area (Å²) in [5.41, 5.74) is 6.64. The third-order valence-corrected chi connectivity index (χ3v) is 8.39. The molecule has 0 spiro atoms. The summed E-state index contributed by atoms with van der Waals surface area (Å²) in [7, 11) is -4.09. The second-order valence-corrected chi connectivity index (χ2v) is 11.0. The molecule has 0 bridgehead atoms. The Hall–Kier alpha value is -2.18. The molecule has 0 saturated heterocycles. The summed E-state index contributed by atoms with van der Waals surface area (Å²) >= 11 is 12.9. The van der Waals surface area contributed by atoms with Gasteiger partial charge in [-0.15, -0.1) is 11.3 Å². The molecule has 2 aromatic rings. The minimum atomic E-state index is -4.09. The first-order valence-corrected chi connectivity index (χ1v) is 12.9. The van der Waals surface area contributed by atoms with Gasteiger partial charge >= 0.3 is 5.97 Å². The van der Waals surface area contributed by atoms with Crippen LogP contribution in [0.5, 0.6) is 0 Å². The van der Waals surface area contributed by atoms with Crippen LogP contribution >= 0.6 is 34.5 Å². The number of aryl methyl sites for hydroxylation is 1. The van der Waals surface area contributed by atoms with Crippen molar-refractivity contribution in [2.45, 2.75) is 43.5 Å². The minimum Gasteiger partial charge on any atom is -0.454 e. The average Bonchev–Trinajstić information content (AvgIpc) is 3.11. The van der Waals surface area contributed by atoms with Gasteiger partial charge in [-0.2, -0.15) is 4.72 Å². The van der Waals surface area contributed by atoms with Gasteiger partial charge in [0, 0.05) is 4.88 Å². The summed E-state index contributed by atoms with van der Waals surface area (Å²) in [4.78, 5) is 37.2. The molecule has 2 amide bonds. The Balaban J connectivity index is 1.59. The number of hydrogen-bond acceptors (Lipinski definition) is 7. The monoisotopic (exact) mass is 533 g/mol. The number of benzene rings is 1. The molecule has 0 fully saturated rings. The molecule has 4 N–H and O–H groups in total. The van der Waals surface area contributed by atoms with Crippen molar-refractivity contribution in [2.75, 3.05) is 11.9 Å². The fraction of sp³-hybridized carbons (Fsp3) is 0.350. The summed E-state index contributed by atoms with van der Waals surface area (Å²) in [5.74, 6) is -2.27. The van der Waals surface area contributed by atoms with E-state index in [9.17, 15) is 22.8 Å². The van der Waals surface area contributed by atoms with Gasteiger partial charge < -0.3 is 15.8 Å². The maximum atomic E-state index is 12.4. The zero-order valence-corrected chi connectivity index (χ0v) is 20.6. The van der Waals surface area contributed by atoms with E-state index in [0.29, 0.717) is 11.4 Å². The molecule has 1 aliphatic carbocycles. The zero-order valence-electron chi connectivity index (χ0n) is 17.4. The molecule has 33 heavy (non-hydrogen) atoms. The predicted octanol–water partition coefficient (Wildman–Crippen LogP) is 2.88. The number of rotatable bonds is 8. The zero-order chi connectivity index (χ0) is 24.3. The largest absolute Gasteiger partial charge is 0.454 e. The summed E-state index contributed by atoms with van der Waals surface area (Å²) in [6, 6.07) is 2.41. The van der Waals surface area contributed by atoms with Gasteiger partial charge in [-0.25, -0.2) is 8.42 Å². The Morgan fingerprint density at radius 1 is 1.18 bits per heavy atom. The van der Waals surface area contributed by atoms with Gasteiger partial charge in [-0.1, -0.05) is 23.2 Å². The highest BCUT2D eigenvalue weighted by atomic mass is 35.5. The van der Waals surface area contributed by atoms with Crippen molar-refractivity contribution in [3.05, 3.63) is 44.2 Å². The molecule has 13 heteroatoms. The van der Waals surface area contributed by atoms with E-state index in [1.54, 1.807) is 0 Å². The number of nitrogens with one attached hydrogen (secondary N) is 2. The number of anilines is 1. The Kier molecular flexibility index (Phi) is 8.01. The summed E-state index contributed by atoms with van der Waals surface area (Å²) in [5, 5.41) is 3.11. The lowest BCUT2D eigenvalue weighted by molar-refractivity contribution is -0.148. The van der Waals surface area contributed by atoms with Gasteiger partial charge in [-0.05, 0) is 56.4 Å². The number of ether oxygens (including phenoxy) is 1. The predicted molar refractivity (Wildman–Crippen MR) is 125 cm³/mol. The number of hydrogen-bond donors (Lipinski definition) is 3. The Morgan fingerprint density at radius 3 is 2.55 bits per heavy atom. The van der Waals surface area contributed by atoms with Crippen LogP contribution in [0.15, 0.2) is 23.1 Å². The van der Waals surface area contributed by atoms with Crippen LogP contribution < -0.4 is 15.8 Å². The topological polar surface area (TPSA) is 145 Å². The lowest BCUT2D eigenvalue weighted by atomic mass is 9.95. The second kappa shape index (κ2) is 10.4. The van der Waals surface area contributed by atoms with Gasteiger partial charge in [0.1, 0.15) is 11.0 Å². The first kappa shape index (κ1) is 25.4. The number of thiophene rings is 1. The van der Waals surface area contributed by atoms with E-state index >= 15 is 0 Å². The number of carbonyl (C=O) groups is 3. The van der Waals surface area contributed by atoms with E-state index < -0.39 is 40.5 Å². The van der Waals surface area contributed by atoms with Crippen molar-refractivity contribution in [3.8, 4) is 0 Å². The highest BCUT2D eigenvalue weighted by Gasteiger charge is 2.27. The smallest absolute Gasteiger partial charge is 0.324 e. The minimum absolute atomic E-state index is 0.0389. The van der Waals surface area contributed by atoms with E-state index in [0.717, 1.165) is 35.8 Å². The Morgan fingerprint density at radius 2 is 1.88 bits per heavy atom. The van der Waals surface area contributed by atoms with Gasteiger partial charge in [0.2, 0.25) is 10.0 Å². The van der Waals surface area contributed by atoms with Crippen LogP contribution in [-0.4, -0.2) is 38.9 Å². The van der Waals surface area contributed by atoms with Crippen LogP contribution in [0.3, 0.4) is 0 Å². The van der Waals surface area contributed by atoms with Crippen LogP contribution in [0.25, 0.3) is 0 Å². The van der Waals surface area contributed by atoms with E-state index in [1.807, 2.05) is 0 Å². The van der Waals surface area contributed by atoms with Crippen LogP contribution in [0.1, 0.15) is 40.6 Å². The number of halogens is 2. The van der Waals surface area contributed by atoms with Crippen molar-refractivity contribution >= 4 is 67.3 Å². The number of carbonyl (C=O) groups excluding carboxylic acids is 3. The van der Waals surface area contributed by atoms with Crippen LogP contribution in [0.4, 0.5) is 5.00 Å². The maximum absolute atomic E-state index is 12.4. The normalized spacial score (nSPS) is 14.3. The van der Waals surface area contributed by atoms with Crippen molar-refractivity contribution in [3.63, 3.8) is 0 Å². The van der Waals surface area contributed by atoms with Gasteiger partial charge in [-0.3, -0.25) is 14.4 Å². The molecule has 1 aromatic carbocycles. The molecular weight excluding hydrogens is 513 g/mol. The molecule has 9 nitrogen and oxygen atoms in total. The van der Waals surface area contributed by atoms with E-state index in [4.69, 9.17) is 33.7 Å². The molecule has 0 radical (unpaired) electrons. The third kappa shape index (κ3) is 6.04. The highest BCUT2D eigenvalue weighted by Crippen LogP contribution is 2.37. The SMILES string of the molecule is C[C@H](NS(=O)(=O)c1ccc(Cl)c(Cl)c1)C(=O)OCC(=O)Nc1sc2c(c1C(N)=O)CCCC2. The van der Waals surface area contributed by atoms with Crippen LogP contribution in [-0.2, 0) is 37.2 Å². The van der Waals surface area contributed by atoms with Crippen molar-refractivity contribution < 1.29 is 27.5 Å².